The van der Waals surface area contributed by atoms with Crippen LogP contribution in [0.1, 0.15) is 13.8 Å². The molecule has 0 aliphatic carbocycles. The Labute approximate surface area is 100 Å². The molecule has 1 fully saturated rings. The van der Waals surface area contributed by atoms with Crippen LogP contribution >= 0.6 is 0 Å². The van der Waals surface area contributed by atoms with E-state index in [2.05, 4.69) is 5.18 Å². The maximum atomic E-state index is 12.1. The minimum Gasteiger partial charge on any atom is -0.207 e. The van der Waals surface area contributed by atoms with Crippen molar-refractivity contribution in [2.75, 3.05) is 6.54 Å². The van der Waals surface area contributed by atoms with Gasteiger partial charge < -0.3 is 0 Å². The van der Waals surface area contributed by atoms with Gasteiger partial charge in [-0.2, -0.15) is 4.31 Å². The van der Waals surface area contributed by atoms with Crippen LogP contribution in [0.3, 0.4) is 0 Å². The van der Waals surface area contributed by atoms with E-state index in [0.29, 0.717) is 12.5 Å². The lowest BCUT2D eigenvalue weighted by Gasteiger charge is -2.07. The van der Waals surface area contributed by atoms with Gasteiger partial charge in [-0.1, -0.05) is 13.8 Å². The standard InChI is InChI=1S/C11H14N2O3S/c1-8(2)11-7-13(11)17(15,16)10-5-3-9(12-14)4-6-10/h3-6,8,11H,7H2,1-2H3. The second-order valence-electron chi connectivity index (χ2n) is 4.47. The van der Waals surface area contributed by atoms with Gasteiger partial charge in [-0.3, -0.25) is 0 Å². The highest BCUT2D eigenvalue weighted by molar-refractivity contribution is 7.89. The van der Waals surface area contributed by atoms with Crippen LogP contribution in [-0.4, -0.2) is 25.3 Å². The van der Waals surface area contributed by atoms with Crippen LogP contribution < -0.4 is 0 Å². The highest BCUT2D eigenvalue weighted by Crippen LogP contribution is 2.33. The molecule has 0 spiro atoms. The van der Waals surface area contributed by atoms with Gasteiger partial charge in [0.25, 0.3) is 0 Å². The zero-order valence-electron chi connectivity index (χ0n) is 9.70. The maximum Gasteiger partial charge on any atom is 0.243 e. The molecule has 1 aliphatic rings. The van der Waals surface area contributed by atoms with Crippen LogP contribution in [0.25, 0.3) is 0 Å². The topological polar surface area (TPSA) is 66.6 Å². The van der Waals surface area contributed by atoms with Crippen molar-refractivity contribution < 1.29 is 8.42 Å². The molecule has 1 aliphatic heterocycles. The normalized spacial score (nSPS) is 23.7. The van der Waals surface area contributed by atoms with Crippen molar-refractivity contribution in [1.82, 2.24) is 4.31 Å². The molecule has 0 bridgehead atoms. The Morgan fingerprint density at radius 3 is 2.29 bits per heavy atom. The van der Waals surface area contributed by atoms with E-state index >= 15 is 0 Å². The van der Waals surface area contributed by atoms with Crippen LogP contribution in [0.4, 0.5) is 5.69 Å². The summed E-state index contributed by atoms with van der Waals surface area (Å²) in [5.74, 6) is 0.320. The van der Waals surface area contributed by atoms with Crippen molar-refractivity contribution in [2.24, 2.45) is 11.1 Å². The largest absolute Gasteiger partial charge is 0.243 e. The van der Waals surface area contributed by atoms with Crippen molar-refractivity contribution in [1.29, 1.82) is 0 Å². The summed E-state index contributed by atoms with van der Waals surface area (Å²) in [4.78, 5) is 10.5. The molecule has 1 aromatic rings. The molecular weight excluding hydrogens is 240 g/mol. The zero-order chi connectivity index (χ0) is 12.6. The molecule has 2 unspecified atom stereocenters. The summed E-state index contributed by atoms with van der Waals surface area (Å²) < 4.78 is 25.7. The molecule has 1 aromatic carbocycles. The molecule has 5 nitrogen and oxygen atoms in total. The van der Waals surface area contributed by atoms with Gasteiger partial charge in [0.05, 0.1) is 4.90 Å². The van der Waals surface area contributed by atoms with E-state index in [1.54, 1.807) is 0 Å². The molecule has 0 N–H and O–H groups in total. The molecule has 2 atom stereocenters. The molecule has 0 saturated carbocycles. The second-order valence-corrected chi connectivity index (χ2v) is 6.36. The highest BCUT2D eigenvalue weighted by atomic mass is 32.2. The van der Waals surface area contributed by atoms with E-state index in [1.807, 2.05) is 13.8 Å². The lowest BCUT2D eigenvalue weighted by molar-refractivity contribution is 0.518. The Hall–Kier alpha value is -1.27. The first-order valence-corrected chi connectivity index (χ1v) is 6.86. The van der Waals surface area contributed by atoms with E-state index < -0.39 is 10.0 Å². The summed E-state index contributed by atoms with van der Waals surface area (Å²) in [6.07, 6.45) is 0. The lowest BCUT2D eigenvalue weighted by atomic mass is 10.1. The fourth-order valence-corrected chi connectivity index (χ4v) is 3.47. The van der Waals surface area contributed by atoms with E-state index in [0.717, 1.165) is 0 Å². The Morgan fingerprint density at radius 2 is 1.88 bits per heavy atom. The number of nitroso groups, excluding NO2 is 1. The third-order valence-corrected chi connectivity index (χ3v) is 4.83. The van der Waals surface area contributed by atoms with Crippen molar-refractivity contribution in [3.05, 3.63) is 29.2 Å². The number of hydrogen-bond donors (Lipinski definition) is 0. The third-order valence-electron chi connectivity index (χ3n) is 2.92. The van der Waals surface area contributed by atoms with Crippen molar-refractivity contribution in [3.63, 3.8) is 0 Å². The van der Waals surface area contributed by atoms with E-state index in [9.17, 15) is 13.3 Å². The van der Waals surface area contributed by atoms with Gasteiger partial charge in [0, 0.05) is 12.6 Å². The summed E-state index contributed by atoms with van der Waals surface area (Å²) >= 11 is 0. The van der Waals surface area contributed by atoms with Gasteiger partial charge in [-0.25, -0.2) is 8.42 Å². The van der Waals surface area contributed by atoms with Gasteiger partial charge in [-0.15, -0.1) is 4.91 Å². The number of rotatable bonds is 4. The van der Waals surface area contributed by atoms with E-state index in [1.165, 1.54) is 28.6 Å². The fraction of sp³-hybridized carbons (Fsp3) is 0.455. The first-order chi connectivity index (χ1) is 7.96. The van der Waals surface area contributed by atoms with E-state index in [4.69, 9.17) is 0 Å². The number of sulfonamides is 1. The Kier molecular flexibility index (Phi) is 3.01. The highest BCUT2D eigenvalue weighted by Gasteiger charge is 2.45. The number of nitrogens with zero attached hydrogens (tertiary/aromatic N) is 2. The predicted octanol–water partition coefficient (Wildman–Crippen LogP) is 2.11. The molecule has 1 saturated heterocycles. The monoisotopic (exact) mass is 254 g/mol. The Balaban J connectivity index is 2.24. The predicted molar refractivity (Wildman–Crippen MR) is 64.4 cm³/mol. The molecule has 1 heterocycles. The first-order valence-electron chi connectivity index (χ1n) is 5.42. The number of hydrogen-bond acceptors (Lipinski definition) is 4. The summed E-state index contributed by atoms with van der Waals surface area (Å²) in [6, 6.07) is 5.76. The average molecular weight is 254 g/mol. The molecule has 17 heavy (non-hydrogen) atoms. The van der Waals surface area contributed by atoms with Crippen molar-refractivity contribution >= 4 is 15.7 Å². The molecule has 0 amide bonds. The molecule has 2 rings (SSSR count). The minimum absolute atomic E-state index is 0.101. The molecule has 0 radical (unpaired) electrons. The lowest BCUT2D eigenvalue weighted by Crippen LogP contribution is -2.16. The van der Waals surface area contributed by atoms with Crippen molar-refractivity contribution in [3.8, 4) is 0 Å². The van der Waals surface area contributed by atoms with Crippen LogP contribution in [0.5, 0.6) is 0 Å². The molecular formula is C11H14N2O3S. The summed E-state index contributed by atoms with van der Waals surface area (Å²) in [5, 5.41) is 2.74. The first kappa shape index (κ1) is 12.2. The van der Waals surface area contributed by atoms with Gasteiger partial charge >= 0.3 is 0 Å². The molecule has 92 valence electrons. The zero-order valence-corrected chi connectivity index (χ0v) is 10.5. The van der Waals surface area contributed by atoms with Gasteiger partial charge in [0.2, 0.25) is 10.0 Å². The average Bonchev–Trinajstić information content (AvgIpc) is 3.09. The smallest absolute Gasteiger partial charge is 0.207 e. The van der Waals surface area contributed by atoms with Crippen LogP contribution in [0, 0.1) is 10.8 Å². The van der Waals surface area contributed by atoms with E-state index in [-0.39, 0.29) is 16.6 Å². The summed E-state index contributed by atoms with van der Waals surface area (Å²) in [5.41, 5.74) is 0.232. The molecule has 0 aromatic heterocycles. The van der Waals surface area contributed by atoms with Crippen molar-refractivity contribution in [2.45, 2.75) is 24.8 Å². The van der Waals surface area contributed by atoms with Gasteiger partial charge in [-0.05, 0) is 35.4 Å². The second kappa shape index (κ2) is 4.19. The summed E-state index contributed by atoms with van der Waals surface area (Å²) in [6.45, 7) is 4.58. The summed E-state index contributed by atoms with van der Waals surface area (Å²) in [7, 11) is -3.40. The third kappa shape index (κ3) is 2.23. The Bertz CT molecular complexity index is 522. The van der Waals surface area contributed by atoms with Gasteiger partial charge in [0.15, 0.2) is 0 Å². The Morgan fingerprint density at radius 1 is 1.29 bits per heavy atom. The van der Waals surface area contributed by atoms with Crippen LogP contribution in [-0.2, 0) is 10.0 Å². The van der Waals surface area contributed by atoms with Crippen LogP contribution in [0.2, 0.25) is 0 Å². The quantitative estimate of drug-likeness (QED) is 0.610. The van der Waals surface area contributed by atoms with Crippen LogP contribution in [0.15, 0.2) is 34.3 Å². The molecule has 6 heteroatoms. The fourth-order valence-electron chi connectivity index (χ4n) is 1.77. The SMILES string of the molecule is CC(C)C1CN1S(=O)(=O)c1ccc(N=O)cc1. The minimum atomic E-state index is -3.40. The maximum absolute atomic E-state index is 12.1. The van der Waals surface area contributed by atoms with Gasteiger partial charge in [0.1, 0.15) is 5.69 Å². The number of benzene rings is 1.